The normalized spacial score (nSPS) is 20.8. The topological polar surface area (TPSA) is 24.1 Å². The van der Waals surface area contributed by atoms with Gasteiger partial charge in [0.25, 0.3) is 0 Å². The third-order valence-corrected chi connectivity index (χ3v) is 4.09. The van der Waals surface area contributed by atoms with E-state index < -0.39 is 0 Å². The van der Waals surface area contributed by atoms with Gasteiger partial charge >= 0.3 is 0 Å². The van der Waals surface area contributed by atoms with Crippen molar-refractivity contribution in [2.24, 2.45) is 5.92 Å². The SMILES string of the molecule is CC1(C2CC2)Nc2cccc3cccc(c23)N1. The van der Waals surface area contributed by atoms with E-state index in [9.17, 15) is 0 Å². The molecule has 0 amide bonds. The maximum absolute atomic E-state index is 3.69. The van der Waals surface area contributed by atoms with Gasteiger partial charge in [0.05, 0.1) is 0 Å². The molecule has 1 fully saturated rings. The molecular weight excluding hydrogens is 208 g/mol. The first kappa shape index (κ1) is 9.34. The highest BCUT2D eigenvalue weighted by atomic mass is 15.2. The lowest BCUT2D eigenvalue weighted by Crippen LogP contribution is -2.47. The molecule has 0 saturated heterocycles. The summed E-state index contributed by atoms with van der Waals surface area (Å²) in [7, 11) is 0. The smallest absolute Gasteiger partial charge is 0.108 e. The third kappa shape index (κ3) is 1.27. The van der Waals surface area contributed by atoms with Gasteiger partial charge in [-0.1, -0.05) is 24.3 Å². The van der Waals surface area contributed by atoms with Crippen molar-refractivity contribution in [3.05, 3.63) is 36.4 Å². The lowest BCUT2D eigenvalue weighted by atomic mass is 9.97. The molecule has 86 valence electrons. The second kappa shape index (κ2) is 2.95. The Hall–Kier alpha value is -1.70. The van der Waals surface area contributed by atoms with Crippen molar-refractivity contribution in [1.82, 2.24) is 0 Å². The van der Waals surface area contributed by atoms with Gasteiger partial charge in [-0.3, -0.25) is 0 Å². The van der Waals surface area contributed by atoms with Crippen LogP contribution in [0.4, 0.5) is 11.4 Å². The number of benzene rings is 2. The van der Waals surface area contributed by atoms with Crippen LogP contribution in [0.25, 0.3) is 10.8 Å². The lowest BCUT2D eigenvalue weighted by Gasteiger charge is -2.39. The molecule has 4 rings (SSSR count). The first-order valence-corrected chi connectivity index (χ1v) is 6.34. The van der Waals surface area contributed by atoms with E-state index in [0.717, 1.165) is 5.92 Å². The van der Waals surface area contributed by atoms with Crippen molar-refractivity contribution in [3.8, 4) is 0 Å². The lowest BCUT2D eigenvalue weighted by molar-refractivity contribution is 0.508. The Bertz CT molecular complexity index is 558. The first-order chi connectivity index (χ1) is 8.26. The zero-order valence-corrected chi connectivity index (χ0v) is 9.96. The summed E-state index contributed by atoms with van der Waals surface area (Å²) < 4.78 is 0. The van der Waals surface area contributed by atoms with Gasteiger partial charge in [0.1, 0.15) is 5.66 Å². The van der Waals surface area contributed by atoms with Crippen LogP contribution in [0.3, 0.4) is 0 Å². The standard InChI is InChI=1S/C15H16N2/c1-15(11-8-9-11)16-12-6-2-4-10-5-3-7-13(17-15)14(10)12/h2-7,11,16-17H,8-9H2,1H3. The fourth-order valence-corrected chi connectivity index (χ4v) is 3.00. The molecule has 2 aliphatic rings. The zero-order valence-electron chi connectivity index (χ0n) is 9.96. The van der Waals surface area contributed by atoms with Gasteiger partial charge in [-0.2, -0.15) is 0 Å². The number of anilines is 2. The first-order valence-electron chi connectivity index (χ1n) is 6.34. The van der Waals surface area contributed by atoms with Crippen LogP contribution in [-0.4, -0.2) is 5.66 Å². The van der Waals surface area contributed by atoms with E-state index in [1.165, 1.54) is 35.0 Å². The van der Waals surface area contributed by atoms with E-state index in [1.807, 2.05) is 0 Å². The van der Waals surface area contributed by atoms with E-state index >= 15 is 0 Å². The van der Waals surface area contributed by atoms with Crippen LogP contribution in [0.1, 0.15) is 19.8 Å². The number of rotatable bonds is 1. The van der Waals surface area contributed by atoms with Crippen LogP contribution in [0.15, 0.2) is 36.4 Å². The molecule has 0 bridgehead atoms. The summed E-state index contributed by atoms with van der Waals surface area (Å²) >= 11 is 0. The molecule has 2 aromatic carbocycles. The Morgan fingerprint density at radius 1 is 1.00 bits per heavy atom. The Balaban J connectivity index is 1.95. The predicted molar refractivity (Wildman–Crippen MR) is 72.3 cm³/mol. The predicted octanol–water partition coefficient (Wildman–Crippen LogP) is 3.80. The summed E-state index contributed by atoms with van der Waals surface area (Å²) in [6, 6.07) is 13.0. The summed E-state index contributed by atoms with van der Waals surface area (Å²) in [6.45, 7) is 2.28. The Labute approximate surface area is 101 Å². The van der Waals surface area contributed by atoms with Crippen molar-refractivity contribution in [2.75, 3.05) is 10.6 Å². The van der Waals surface area contributed by atoms with Gasteiger partial charge in [0, 0.05) is 22.7 Å². The molecule has 1 aliphatic heterocycles. The highest BCUT2D eigenvalue weighted by Crippen LogP contribution is 2.46. The molecule has 2 N–H and O–H groups in total. The fraction of sp³-hybridized carbons (Fsp3) is 0.333. The monoisotopic (exact) mass is 224 g/mol. The third-order valence-electron chi connectivity index (χ3n) is 4.09. The van der Waals surface area contributed by atoms with Gasteiger partial charge < -0.3 is 10.6 Å². The molecule has 2 aromatic rings. The highest BCUT2D eigenvalue weighted by molar-refractivity contribution is 6.05. The van der Waals surface area contributed by atoms with Crippen LogP contribution in [0.2, 0.25) is 0 Å². The van der Waals surface area contributed by atoms with E-state index in [0.29, 0.717) is 0 Å². The fourth-order valence-electron chi connectivity index (χ4n) is 3.00. The van der Waals surface area contributed by atoms with Crippen LogP contribution in [0.5, 0.6) is 0 Å². The second-order valence-electron chi connectivity index (χ2n) is 5.44. The van der Waals surface area contributed by atoms with Crippen LogP contribution >= 0.6 is 0 Å². The van der Waals surface area contributed by atoms with Gasteiger partial charge in [-0.05, 0) is 37.3 Å². The molecule has 17 heavy (non-hydrogen) atoms. The zero-order chi connectivity index (χ0) is 11.5. The maximum atomic E-state index is 3.69. The summed E-state index contributed by atoms with van der Waals surface area (Å²) in [5.41, 5.74) is 2.57. The molecule has 2 heteroatoms. The minimum absolute atomic E-state index is 0.0304. The van der Waals surface area contributed by atoms with Crippen LogP contribution in [-0.2, 0) is 0 Å². The molecule has 0 aromatic heterocycles. The Kier molecular flexibility index (Phi) is 1.62. The van der Waals surface area contributed by atoms with Crippen molar-refractivity contribution < 1.29 is 0 Å². The Morgan fingerprint density at radius 3 is 2.12 bits per heavy atom. The van der Waals surface area contributed by atoms with Gasteiger partial charge in [0.2, 0.25) is 0 Å². The second-order valence-corrected chi connectivity index (χ2v) is 5.44. The molecule has 1 heterocycles. The molecular formula is C15H16N2. The van der Waals surface area contributed by atoms with Gasteiger partial charge in [0.15, 0.2) is 0 Å². The van der Waals surface area contributed by atoms with E-state index in [4.69, 9.17) is 0 Å². The molecule has 0 unspecified atom stereocenters. The molecule has 0 spiro atoms. The van der Waals surface area contributed by atoms with E-state index in [1.54, 1.807) is 0 Å². The van der Waals surface area contributed by atoms with E-state index in [2.05, 4.69) is 54.0 Å². The van der Waals surface area contributed by atoms with Crippen molar-refractivity contribution in [1.29, 1.82) is 0 Å². The molecule has 0 atom stereocenters. The molecule has 0 radical (unpaired) electrons. The summed E-state index contributed by atoms with van der Waals surface area (Å²) in [5.74, 6) is 0.756. The minimum atomic E-state index is 0.0304. The minimum Gasteiger partial charge on any atom is -0.362 e. The summed E-state index contributed by atoms with van der Waals surface area (Å²) in [4.78, 5) is 0. The highest BCUT2D eigenvalue weighted by Gasteiger charge is 2.43. The average Bonchev–Trinajstić information content (AvgIpc) is 3.13. The van der Waals surface area contributed by atoms with Gasteiger partial charge in [-0.15, -0.1) is 0 Å². The number of nitrogens with one attached hydrogen (secondary N) is 2. The van der Waals surface area contributed by atoms with Crippen LogP contribution < -0.4 is 10.6 Å². The molecule has 1 aliphatic carbocycles. The molecule has 1 saturated carbocycles. The largest absolute Gasteiger partial charge is 0.362 e. The number of hydrogen-bond acceptors (Lipinski definition) is 2. The number of hydrogen-bond donors (Lipinski definition) is 2. The van der Waals surface area contributed by atoms with Crippen molar-refractivity contribution >= 4 is 22.1 Å². The van der Waals surface area contributed by atoms with E-state index in [-0.39, 0.29) is 5.66 Å². The van der Waals surface area contributed by atoms with Gasteiger partial charge in [-0.25, -0.2) is 0 Å². The van der Waals surface area contributed by atoms with Crippen LogP contribution in [0, 0.1) is 5.92 Å². The summed E-state index contributed by atoms with van der Waals surface area (Å²) in [5, 5.41) is 10.0. The molecule has 2 nitrogen and oxygen atoms in total. The average molecular weight is 224 g/mol. The van der Waals surface area contributed by atoms with Crippen molar-refractivity contribution in [3.63, 3.8) is 0 Å². The maximum Gasteiger partial charge on any atom is 0.108 e. The summed E-state index contributed by atoms with van der Waals surface area (Å²) in [6.07, 6.45) is 2.66. The Morgan fingerprint density at radius 2 is 1.59 bits per heavy atom. The van der Waals surface area contributed by atoms with Crippen molar-refractivity contribution in [2.45, 2.75) is 25.4 Å². The quantitative estimate of drug-likeness (QED) is 0.769.